The Hall–Kier alpha value is -0.730. The summed E-state index contributed by atoms with van der Waals surface area (Å²) in [6.07, 6.45) is 1.89. The molecule has 1 aliphatic rings. The maximum atomic E-state index is 12.7. The third kappa shape index (κ3) is 4.46. The first-order valence-electron chi connectivity index (χ1n) is 7.93. The van der Waals surface area contributed by atoms with Crippen LogP contribution in [0.2, 0.25) is 0 Å². The number of thiophene rings is 1. The highest BCUT2D eigenvalue weighted by Gasteiger charge is 2.31. The van der Waals surface area contributed by atoms with Gasteiger partial charge in [-0.05, 0) is 52.4 Å². The van der Waals surface area contributed by atoms with Crippen molar-refractivity contribution >= 4 is 37.3 Å². The lowest BCUT2D eigenvalue weighted by molar-refractivity contribution is 0.0672. The SMILES string of the molecule is O=S(=O)(c1ccc(Br)s1)N1CCCC(COCc2ccccc2)C1. The predicted octanol–water partition coefficient (Wildman–Crippen LogP) is 4.13. The highest BCUT2D eigenvalue weighted by molar-refractivity contribution is 9.11. The van der Waals surface area contributed by atoms with E-state index < -0.39 is 10.0 Å². The number of sulfonamides is 1. The molecule has 0 aliphatic carbocycles. The molecule has 1 atom stereocenters. The average Bonchev–Trinajstić information content (AvgIpc) is 3.03. The Kier molecular flexibility index (Phi) is 6.10. The van der Waals surface area contributed by atoms with Gasteiger partial charge in [0.25, 0.3) is 10.0 Å². The Morgan fingerprint density at radius 3 is 2.71 bits per heavy atom. The molecule has 0 amide bonds. The zero-order valence-corrected chi connectivity index (χ0v) is 16.4. The van der Waals surface area contributed by atoms with Crippen molar-refractivity contribution in [2.45, 2.75) is 23.7 Å². The molecule has 1 aromatic carbocycles. The van der Waals surface area contributed by atoms with Gasteiger partial charge in [0, 0.05) is 13.1 Å². The monoisotopic (exact) mass is 429 g/mol. The van der Waals surface area contributed by atoms with E-state index in [0.717, 1.165) is 22.2 Å². The van der Waals surface area contributed by atoms with Crippen LogP contribution in [0.1, 0.15) is 18.4 Å². The molecule has 0 bridgehead atoms. The van der Waals surface area contributed by atoms with Crippen LogP contribution in [0.25, 0.3) is 0 Å². The molecule has 0 saturated carbocycles. The van der Waals surface area contributed by atoms with Gasteiger partial charge in [0.05, 0.1) is 17.0 Å². The maximum absolute atomic E-state index is 12.7. The predicted molar refractivity (Wildman–Crippen MR) is 99.6 cm³/mol. The molecule has 7 heteroatoms. The molecule has 1 saturated heterocycles. The van der Waals surface area contributed by atoms with Gasteiger partial charge in [-0.25, -0.2) is 8.42 Å². The minimum atomic E-state index is -3.39. The van der Waals surface area contributed by atoms with Crippen LogP contribution in [-0.2, 0) is 21.4 Å². The molecular weight excluding hydrogens is 410 g/mol. The second kappa shape index (κ2) is 8.10. The average molecular weight is 430 g/mol. The van der Waals surface area contributed by atoms with Gasteiger partial charge < -0.3 is 4.74 Å². The van der Waals surface area contributed by atoms with E-state index in [2.05, 4.69) is 15.9 Å². The molecule has 0 spiro atoms. The number of hydrogen-bond donors (Lipinski definition) is 0. The number of benzene rings is 1. The van der Waals surface area contributed by atoms with Crippen molar-refractivity contribution < 1.29 is 13.2 Å². The summed E-state index contributed by atoms with van der Waals surface area (Å²) in [6.45, 7) is 2.29. The molecule has 2 heterocycles. The molecule has 2 aromatic rings. The number of hydrogen-bond acceptors (Lipinski definition) is 4. The Labute approximate surface area is 155 Å². The second-order valence-corrected chi connectivity index (χ2v) is 10.6. The number of nitrogens with zero attached hydrogens (tertiary/aromatic N) is 1. The highest BCUT2D eigenvalue weighted by atomic mass is 79.9. The fraction of sp³-hybridized carbons (Fsp3) is 0.412. The van der Waals surface area contributed by atoms with Crippen LogP contribution in [0.4, 0.5) is 0 Å². The third-order valence-electron chi connectivity index (χ3n) is 4.09. The van der Waals surface area contributed by atoms with E-state index in [4.69, 9.17) is 4.74 Å². The smallest absolute Gasteiger partial charge is 0.252 e. The van der Waals surface area contributed by atoms with Crippen LogP contribution in [0.15, 0.2) is 50.5 Å². The quantitative estimate of drug-likeness (QED) is 0.693. The van der Waals surface area contributed by atoms with E-state index in [0.29, 0.717) is 30.5 Å². The lowest BCUT2D eigenvalue weighted by Crippen LogP contribution is -2.40. The number of rotatable bonds is 6. The largest absolute Gasteiger partial charge is 0.376 e. The summed E-state index contributed by atoms with van der Waals surface area (Å²) in [5.41, 5.74) is 1.14. The Morgan fingerprint density at radius 1 is 1.21 bits per heavy atom. The van der Waals surface area contributed by atoms with Crippen molar-refractivity contribution in [3.63, 3.8) is 0 Å². The summed E-state index contributed by atoms with van der Waals surface area (Å²) in [6, 6.07) is 13.5. The molecule has 130 valence electrons. The third-order valence-corrected chi connectivity index (χ3v) is 8.05. The van der Waals surface area contributed by atoms with E-state index in [1.807, 2.05) is 30.3 Å². The topological polar surface area (TPSA) is 46.6 Å². The first kappa shape index (κ1) is 18.1. The molecule has 1 fully saturated rings. The van der Waals surface area contributed by atoms with E-state index in [1.54, 1.807) is 16.4 Å². The van der Waals surface area contributed by atoms with Crippen LogP contribution in [0, 0.1) is 5.92 Å². The lowest BCUT2D eigenvalue weighted by atomic mass is 10.0. The Bertz CT molecular complexity index is 761. The Balaban J connectivity index is 1.56. The van der Waals surface area contributed by atoms with Crippen molar-refractivity contribution in [3.05, 3.63) is 51.8 Å². The van der Waals surface area contributed by atoms with Gasteiger partial charge in [-0.1, -0.05) is 30.3 Å². The van der Waals surface area contributed by atoms with Crippen molar-refractivity contribution in [3.8, 4) is 0 Å². The fourth-order valence-corrected chi connectivity index (χ4v) is 6.58. The first-order valence-corrected chi connectivity index (χ1v) is 11.0. The van der Waals surface area contributed by atoms with Gasteiger partial charge in [0.15, 0.2) is 0 Å². The molecule has 3 rings (SSSR count). The molecule has 1 unspecified atom stereocenters. The van der Waals surface area contributed by atoms with Gasteiger partial charge in [-0.15, -0.1) is 11.3 Å². The summed E-state index contributed by atoms with van der Waals surface area (Å²) in [5.74, 6) is 0.251. The van der Waals surface area contributed by atoms with E-state index in [-0.39, 0.29) is 5.92 Å². The second-order valence-electron chi connectivity index (χ2n) is 5.93. The van der Waals surface area contributed by atoms with Gasteiger partial charge in [-0.3, -0.25) is 0 Å². The number of ether oxygens (including phenoxy) is 1. The van der Waals surface area contributed by atoms with Crippen LogP contribution in [0.3, 0.4) is 0 Å². The van der Waals surface area contributed by atoms with Gasteiger partial charge in [-0.2, -0.15) is 4.31 Å². The molecule has 1 aliphatic heterocycles. The summed E-state index contributed by atoms with van der Waals surface area (Å²) in [4.78, 5) is 0. The molecule has 0 radical (unpaired) electrons. The van der Waals surface area contributed by atoms with Gasteiger partial charge in [0.2, 0.25) is 0 Å². The van der Waals surface area contributed by atoms with Gasteiger partial charge in [0.1, 0.15) is 4.21 Å². The van der Waals surface area contributed by atoms with Crippen molar-refractivity contribution in [1.29, 1.82) is 0 Å². The van der Waals surface area contributed by atoms with Crippen molar-refractivity contribution in [2.24, 2.45) is 5.92 Å². The molecule has 1 aromatic heterocycles. The van der Waals surface area contributed by atoms with E-state index in [1.165, 1.54) is 11.3 Å². The lowest BCUT2D eigenvalue weighted by Gasteiger charge is -2.31. The van der Waals surface area contributed by atoms with Crippen LogP contribution < -0.4 is 0 Å². The summed E-state index contributed by atoms with van der Waals surface area (Å²) < 4.78 is 34.1. The van der Waals surface area contributed by atoms with Crippen molar-refractivity contribution in [1.82, 2.24) is 4.31 Å². The zero-order chi connectivity index (χ0) is 17.0. The Morgan fingerprint density at radius 2 is 2.00 bits per heavy atom. The number of halogens is 1. The summed E-state index contributed by atoms with van der Waals surface area (Å²) in [5, 5.41) is 0. The standard InChI is InChI=1S/C17H20BrNO3S2/c18-16-8-9-17(23-16)24(20,21)19-10-4-7-15(11-19)13-22-12-14-5-2-1-3-6-14/h1-3,5-6,8-9,15H,4,7,10-13H2. The van der Waals surface area contributed by atoms with E-state index >= 15 is 0 Å². The minimum absolute atomic E-state index is 0.251. The van der Waals surface area contributed by atoms with Crippen LogP contribution in [-0.4, -0.2) is 32.4 Å². The van der Waals surface area contributed by atoms with E-state index in [9.17, 15) is 8.42 Å². The fourth-order valence-electron chi connectivity index (χ4n) is 2.86. The van der Waals surface area contributed by atoms with Gasteiger partial charge >= 0.3 is 0 Å². The molecule has 0 N–H and O–H groups in total. The molecule has 4 nitrogen and oxygen atoms in total. The van der Waals surface area contributed by atoms with Crippen LogP contribution in [0.5, 0.6) is 0 Å². The van der Waals surface area contributed by atoms with Crippen molar-refractivity contribution in [2.75, 3.05) is 19.7 Å². The molecular formula is C17H20BrNO3S2. The summed E-state index contributed by atoms with van der Waals surface area (Å²) in [7, 11) is -3.39. The number of piperidine rings is 1. The maximum Gasteiger partial charge on any atom is 0.252 e. The summed E-state index contributed by atoms with van der Waals surface area (Å²) >= 11 is 4.59. The van der Waals surface area contributed by atoms with Crippen LogP contribution >= 0.6 is 27.3 Å². The molecule has 24 heavy (non-hydrogen) atoms. The minimum Gasteiger partial charge on any atom is -0.376 e. The first-order chi connectivity index (χ1) is 11.6. The normalized spacial score (nSPS) is 19.5. The zero-order valence-electron chi connectivity index (χ0n) is 13.2. The highest BCUT2D eigenvalue weighted by Crippen LogP contribution is 2.30.